The van der Waals surface area contributed by atoms with Gasteiger partial charge in [-0.25, -0.2) is 9.59 Å². The highest BCUT2D eigenvalue weighted by Crippen LogP contribution is 2.37. The van der Waals surface area contributed by atoms with Gasteiger partial charge in [0.1, 0.15) is 0 Å². The van der Waals surface area contributed by atoms with Gasteiger partial charge in [-0.15, -0.1) is 0 Å². The Kier molecular flexibility index (Phi) is 2.95. The molecule has 3 rings (SSSR count). The highest BCUT2D eigenvalue weighted by Gasteiger charge is 2.40. The van der Waals surface area contributed by atoms with Gasteiger partial charge in [0.2, 0.25) is 0 Å². The summed E-state index contributed by atoms with van der Waals surface area (Å²) in [7, 11) is 0. The summed E-state index contributed by atoms with van der Waals surface area (Å²) >= 11 is 0. The number of hydrogen-bond acceptors (Lipinski definition) is 6. The van der Waals surface area contributed by atoms with Gasteiger partial charge in [0.25, 0.3) is 0 Å². The van der Waals surface area contributed by atoms with Crippen LogP contribution in [0.25, 0.3) is 0 Å². The molecule has 0 spiro atoms. The fraction of sp³-hybridized carbons (Fsp3) is 0.375. The van der Waals surface area contributed by atoms with Crippen molar-refractivity contribution in [2.24, 2.45) is 0 Å². The maximum atomic E-state index is 11.9. The zero-order chi connectivity index (χ0) is 16.2. The molecule has 6 heteroatoms. The molecule has 1 aromatic carbocycles. The van der Waals surface area contributed by atoms with Crippen molar-refractivity contribution in [3.05, 3.63) is 34.4 Å². The number of carbonyl (C=O) groups is 4. The predicted molar refractivity (Wildman–Crippen MR) is 73.3 cm³/mol. The third-order valence-corrected chi connectivity index (χ3v) is 3.85. The van der Waals surface area contributed by atoms with Crippen molar-refractivity contribution in [3.8, 4) is 0 Å². The van der Waals surface area contributed by atoms with Gasteiger partial charge in [-0.3, -0.25) is 9.59 Å². The molecule has 0 aromatic heterocycles. The molecule has 1 unspecified atom stereocenters. The summed E-state index contributed by atoms with van der Waals surface area (Å²) in [5.74, 6) is -3.39. The molecule has 2 heterocycles. The lowest BCUT2D eigenvalue weighted by Crippen LogP contribution is -2.18. The van der Waals surface area contributed by atoms with Crippen molar-refractivity contribution in [3.63, 3.8) is 0 Å². The first kappa shape index (κ1) is 14.4. The quantitative estimate of drug-likeness (QED) is 0.581. The molecule has 0 bridgehead atoms. The second-order valence-electron chi connectivity index (χ2n) is 6.47. The highest BCUT2D eigenvalue weighted by atomic mass is 16.6. The van der Waals surface area contributed by atoms with Crippen LogP contribution in [-0.2, 0) is 24.5 Å². The maximum Gasteiger partial charge on any atom is 0.347 e. The van der Waals surface area contributed by atoms with E-state index in [9.17, 15) is 19.2 Å². The number of rotatable bonds is 1. The molecule has 114 valence electrons. The van der Waals surface area contributed by atoms with E-state index in [1.807, 2.05) is 20.8 Å². The smallest absolute Gasteiger partial charge is 0.347 e. The van der Waals surface area contributed by atoms with Crippen molar-refractivity contribution < 1.29 is 28.7 Å². The molecular formula is C16H14O6. The minimum atomic E-state index is -0.748. The van der Waals surface area contributed by atoms with Gasteiger partial charge in [-0.2, -0.15) is 0 Å². The Morgan fingerprint density at radius 3 is 2.23 bits per heavy atom. The zero-order valence-corrected chi connectivity index (χ0v) is 12.4. The minimum absolute atomic E-state index is 0.0653. The van der Waals surface area contributed by atoms with Crippen molar-refractivity contribution in [1.29, 1.82) is 0 Å². The number of carbonyl (C=O) groups excluding carboxylic acids is 4. The summed E-state index contributed by atoms with van der Waals surface area (Å²) in [6.07, 6.45) is -0.0653. The van der Waals surface area contributed by atoms with E-state index in [1.165, 1.54) is 6.07 Å². The number of benzene rings is 1. The summed E-state index contributed by atoms with van der Waals surface area (Å²) in [4.78, 5) is 46.8. The van der Waals surface area contributed by atoms with E-state index in [4.69, 9.17) is 0 Å². The first-order valence-electron chi connectivity index (χ1n) is 6.88. The van der Waals surface area contributed by atoms with Crippen LogP contribution in [0.4, 0.5) is 0 Å². The molecular weight excluding hydrogens is 288 g/mol. The molecule has 6 nitrogen and oxygen atoms in total. The van der Waals surface area contributed by atoms with Crippen molar-refractivity contribution in [1.82, 2.24) is 0 Å². The molecule has 0 saturated carbocycles. The van der Waals surface area contributed by atoms with Crippen LogP contribution in [0.1, 0.15) is 65.0 Å². The molecule has 0 amide bonds. The Balaban J connectivity index is 2.21. The number of ether oxygens (including phenoxy) is 2. The Labute approximate surface area is 126 Å². The monoisotopic (exact) mass is 302 g/mol. The lowest BCUT2D eigenvalue weighted by atomic mass is 9.79. The van der Waals surface area contributed by atoms with Crippen molar-refractivity contribution >= 4 is 23.9 Å². The highest BCUT2D eigenvalue weighted by molar-refractivity contribution is 6.16. The van der Waals surface area contributed by atoms with Crippen LogP contribution in [0.2, 0.25) is 0 Å². The van der Waals surface area contributed by atoms with Crippen molar-refractivity contribution in [2.75, 3.05) is 0 Å². The molecule has 2 aliphatic heterocycles. The standard InChI is InChI=1S/C16H14O6/c1-16(2,3)10-5-7(8-6-11(17)21-13(8)18)4-9-12(10)15(20)22-14(9)19/h4-5,8H,6H2,1-3H3. The van der Waals surface area contributed by atoms with E-state index < -0.39 is 35.2 Å². The molecule has 0 aliphatic carbocycles. The number of fused-ring (bicyclic) bond motifs is 1. The summed E-state index contributed by atoms with van der Waals surface area (Å²) in [6.45, 7) is 5.67. The lowest BCUT2D eigenvalue weighted by molar-refractivity contribution is -0.152. The van der Waals surface area contributed by atoms with Gasteiger partial charge in [-0.05, 0) is 22.6 Å². The van der Waals surface area contributed by atoms with Gasteiger partial charge < -0.3 is 9.47 Å². The van der Waals surface area contributed by atoms with Crippen LogP contribution in [0.3, 0.4) is 0 Å². The molecule has 22 heavy (non-hydrogen) atoms. The fourth-order valence-corrected chi connectivity index (χ4v) is 2.76. The van der Waals surface area contributed by atoms with Gasteiger partial charge in [0, 0.05) is 0 Å². The zero-order valence-electron chi connectivity index (χ0n) is 12.4. The van der Waals surface area contributed by atoms with Crippen LogP contribution in [0.15, 0.2) is 12.1 Å². The van der Waals surface area contributed by atoms with Crippen LogP contribution in [0.5, 0.6) is 0 Å². The largest absolute Gasteiger partial charge is 0.393 e. The first-order chi connectivity index (χ1) is 10.2. The predicted octanol–water partition coefficient (Wildman–Crippen LogP) is 1.85. The third-order valence-electron chi connectivity index (χ3n) is 3.85. The maximum absolute atomic E-state index is 11.9. The molecule has 1 atom stereocenters. The third kappa shape index (κ3) is 2.11. The van der Waals surface area contributed by atoms with Gasteiger partial charge in [0.15, 0.2) is 0 Å². The van der Waals surface area contributed by atoms with Crippen LogP contribution in [0, 0.1) is 0 Å². The van der Waals surface area contributed by atoms with Gasteiger partial charge in [0.05, 0.1) is 23.5 Å². The average molecular weight is 302 g/mol. The Morgan fingerprint density at radius 2 is 1.68 bits per heavy atom. The second-order valence-corrected chi connectivity index (χ2v) is 6.47. The second kappa shape index (κ2) is 4.50. The number of esters is 4. The van der Waals surface area contributed by atoms with Gasteiger partial charge >= 0.3 is 23.9 Å². The van der Waals surface area contributed by atoms with Gasteiger partial charge in [-0.1, -0.05) is 26.8 Å². The molecule has 0 N–H and O–H groups in total. The van der Waals surface area contributed by atoms with E-state index in [0.717, 1.165) is 0 Å². The molecule has 1 fully saturated rings. The van der Waals surface area contributed by atoms with E-state index >= 15 is 0 Å². The molecule has 1 aromatic rings. The van der Waals surface area contributed by atoms with Crippen molar-refractivity contribution in [2.45, 2.75) is 38.5 Å². The SMILES string of the molecule is CC(C)(C)c1cc(C2CC(=O)OC2=O)cc2c1C(=O)OC2=O. The Hall–Kier alpha value is -2.50. The van der Waals surface area contributed by atoms with E-state index in [1.54, 1.807) is 6.07 Å². The average Bonchev–Trinajstić information content (AvgIpc) is 2.88. The summed E-state index contributed by atoms with van der Waals surface area (Å²) in [5.41, 5.74) is 1.05. The van der Waals surface area contributed by atoms with E-state index in [-0.39, 0.29) is 17.5 Å². The number of cyclic esters (lactones) is 4. The first-order valence-corrected chi connectivity index (χ1v) is 6.88. The van der Waals surface area contributed by atoms with E-state index in [0.29, 0.717) is 11.1 Å². The molecule has 0 radical (unpaired) electrons. The Morgan fingerprint density at radius 1 is 1.00 bits per heavy atom. The number of hydrogen-bond donors (Lipinski definition) is 0. The fourth-order valence-electron chi connectivity index (χ4n) is 2.76. The summed E-state index contributed by atoms with van der Waals surface area (Å²) < 4.78 is 9.23. The summed E-state index contributed by atoms with van der Waals surface area (Å²) in [5, 5.41) is 0. The molecule has 1 saturated heterocycles. The van der Waals surface area contributed by atoms with E-state index in [2.05, 4.69) is 9.47 Å². The topological polar surface area (TPSA) is 86.7 Å². The lowest BCUT2D eigenvalue weighted by Gasteiger charge is -2.22. The normalized spacial score (nSPS) is 21.0. The Bertz CT molecular complexity index is 738. The summed E-state index contributed by atoms with van der Waals surface area (Å²) in [6, 6.07) is 3.13. The minimum Gasteiger partial charge on any atom is -0.393 e. The van der Waals surface area contributed by atoms with Crippen LogP contribution < -0.4 is 0 Å². The molecule has 2 aliphatic rings. The van der Waals surface area contributed by atoms with Crippen LogP contribution in [-0.4, -0.2) is 23.9 Å². The van der Waals surface area contributed by atoms with Crippen LogP contribution >= 0.6 is 0 Å².